The number of thioether (sulfide) groups is 1. The number of hydrogen-bond donors (Lipinski definition) is 3. The number of aromatic nitrogens is 2. The number of urea groups is 1. The zero-order chi connectivity index (χ0) is 18.4. The highest BCUT2D eigenvalue weighted by atomic mass is 35.5. The average Bonchev–Trinajstić information content (AvgIpc) is 2.93. The molecule has 0 atom stereocenters. The second-order valence-corrected chi connectivity index (χ2v) is 8.68. The van der Waals surface area contributed by atoms with Crippen LogP contribution in [0.2, 0.25) is 5.02 Å². The van der Waals surface area contributed by atoms with Gasteiger partial charge in [-0.2, -0.15) is 0 Å². The summed E-state index contributed by atoms with van der Waals surface area (Å²) in [6.45, 7) is 5.76. The maximum atomic E-state index is 11.9. The predicted octanol–water partition coefficient (Wildman–Crippen LogP) is 3.84. The molecule has 0 fully saturated rings. The summed E-state index contributed by atoms with van der Waals surface area (Å²) in [7, 11) is 0. The zero-order valence-electron chi connectivity index (χ0n) is 13.9. The molecule has 0 unspecified atom stereocenters. The molecule has 1 aromatic carbocycles. The average molecular weight is 400 g/mol. The first-order valence-electron chi connectivity index (χ1n) is 7.32. The van der Waals surface area contributed by atoms with E-state index in [1.807, 2.05) is 20.8 Å². The molecule has 1 aromatic heterocycles. The summed E-state index contributed by atoms with van der Waals surface area (Å²) in [4.78, 5) is 23.7. The van der Waals surface area contributed by atoms with E-state index >= 15 is 0 Å². The molecule has 0 saturated heterocycles. The Morgan fingerprint density at radius 3 is 2.48 bits per heavy atom. The lowest BCUT2D eigenvalue weighted by molar-refractivity contribution is -0.119. The third-order valence-corrected chi connectivity index (χ3v) is 4.79. The quantitative estimate of drug-likeness (QED) is 0.524. The largest absolute Gasteiger partial charge is 0.351 e. The van der Waals surface area contributed by atoms with Gasteiger partial charge in [0.05, 0.1) is 5.75 Å². The first-order chi connectivity index (χ1) is 11.7. The maximum absolute atomic E-state index is 11.9. The molecule has 1 heterocycles. The monoisotopic (exact) mass is 399 g/mol. The van der Waals surface area contributed by atoms with Crippen molar-refractivity contribution in [3.8, 4) is 0 Å². The molecule has 0 aliphatic carbocycles. The molecule has 0 bridgehead atoms. The third kappa shape index (κ3) is 7.29. The molecule has 0 radical (unpaired) electrons. The molecule has 134 valence electrons. The van der Waals surface area contributed by atoms with Crippen LogP contribution in [0, 0.1) is 0 Å². The molecule has 10 heteroatoms. The van der Waals surface area contributed by atoms with Gasteiger partial charge >= 0.3 is 6.03 Å². The Kier molecular flexibility index (Phi) is 6.63. The maximum Gasteiger partial charge on any atom is 0.325 e. The molecule has 0 aliphatic heterocycles. The van der Waals surface area contributed by atoms with Crippen LogP contribution in [0.1, 0.15) is 20.8 Å². The van der Waals surface area contributed by atoms with E-state index in [0.29, 0.717) is 20.2 Å². The standard InChI is InChI=1S/C15H18ClN5O2S2/c1-15(2,3)19-11(22)8-24-14-21-20-13(25-14)18-12(23)17-10-6-4-9(16)5-7-10/h4-7H,8H2,1-3H3,(H,19,22)(H2,17,18,20,23). The molecule has 7 nitrogen and oxygen atoms in total. The van der Waals surface area contributed by atoms with Crippen molar-refractivity contribution in [2.45, 2.75) is 30.6 Å². The van der Waals surface area contributed by atoms with E-state index in [2.05, 4.69) is 26.1 Å². The molecule has 0 spiro atoms. The van der Waals surface area contributed by atoms with Gasteiger partial charge in [-0.25, -0.2) is 4.79 Å². The van der Waals surface area contributed by atoms with Crippen molar-refractivity contribution in [2.24, 2.45) is 0 Å². The van der Waals surface area contributed by atoms with Gasteiger partial charge in [-0.3, -0.25) is 10.1 Å². The number of hydrogen-bond acceptors (Lipinski definition) is 6. The van der Waals surface area contributed by atoms with E-state index in [0.717, 1.165) is 0 Å². The van der Waals surface area contributed by atoms with Gasteiger partial charge in [0, 0.05) is 16.2 Å². The van der Waals surface area contributed by atoms with Gasteiger partial charge in [0.25, 0.3) is 0 Å². The SMILES string of the molecule is CC(C)(C)NC(=O)CSc1nnc(NC(=O)Nc2ccc(Cl)cc2)s1. The summed E-state index contributed by atoms with van der Waals surface area (Å²) in [6.07, 6.45) is 0. The number of nitrogens with zero attached hydrogens (tertiary/aromatic N) is 2. The number of halogens is 1. The van der Waals surface area contributed by atoms with Crippen molar-refractivity contribution >= 4 is 57.5 Å². The smallest absolute Gasteiger partial charge is 0.325 e. The second-order valence-electron chi connectivity index (χ2n) is 6.05. The number of carbonyl (C=O) groups is 2. The van der Waals surface area contributed by atoms with Gasteiger partial charge < -0.3 is 10.6 Å². The number of carbonyl (C=O) groups excluding carboxylic acids is 2. The third-order valence-electron chi connectivity index (χ3n) is 2.57. The van der Waals surface area contributed by atoms with E-state index in [-0.39, 0.29) is 17.2 Å². The number of benzene rings is 1. The lowest BCUT2D eigenvalue weighted by Gasteiger charge is -2.19. The molecule has 2 aromatic rings. The second kappa shape index (κ2) is 8.50. The number of amides is 3. The van der Waals surface area contributed by atoms with Crippen LogP contribution in [0.5, 0.6) is 0 Å². The Labute approximate surface area is 158 Å². The van der Waals surface area contributed by atoms with Crippen molar-refractivity contribution in [3.63, 3.8) is 0 Å². The Balaban J connectivity index is 1.81. The highest BCUT2D eigenvalue weighted by molar-refractivity contribution is 8.01. The minimum absolute atomic E-state index is 0.0808. The van der Waals surface area contributed by atoms with Crippen LogP contribution in [0.4, 0.5) is 15.6 Å². The normalized spacial score (nSPS) is 11.0. The van der Waals surface area contributed by atoms with Crippen LogP contribution in [-0.2, 0) is 4.79 Å². The summed E-state index contributed by atoms with van der Waals surface area (Å²) in [6, 6.07) is 6.31. The van der Waals surface area contributed by atoms with Gasteiger partial charge in [-0.1, -0.05) is 34.7 Å². The predicted molar refractivity (Wildman–Crippen MR) is 103 cm³/mol. The molecule has 25 heavy (non-hydrogen) atoms. The Morgan fingerprint density at radius 1 is 1.16 bits per heavy atom. The number of rotatable bonds is 5. The van der Waals surface area contributed by atoms with E-state index < -0.39 is 6.03 Å². The van der Waals surface area contributed by atoms with Gasteiger partial charge in [-0.05, 0) is 45.0 Å². The lowest BCUT2D eigenvalue weighted by atomic mass is 10.1. The molecular weight excluding hydrogens is 382 g/mol. The Bertz CT molecular complexity index is 743. The molecular formula is C15H18ClN5O2S2. The van der Waals surface area contributed by atoms with Crippen molar-refractivity contribution in [1.29, 1.82) is 0 Å². The molecule has 2 rings (SSSR count). The van der Waals surface area contributed by atoms with Gasteiger partial charge in [0.2, 0.25) is 11.0 Å². The van der Waals surface area contributed by atoms with Crippen LogP contribution < -0.4 is 16.0 Å². The van der Waals surface area contributed by atoms with Crippen molar-refractivity contribution in [3.05, 3.63) is 29.3 Å². The zero-order valence-corrected chi connectivity index (χ0v) is 16.3. The fraction of sp³-hybridized carbons (Fsp3) is 0.333. The van der Waals surface area contributed by atoms with Crippen LogP contribution in [-0.4, -0.2) is 33.4 Å². The lowest BCUT2D eigenvalue weighted by Crippen LogP contribution is -2.41. The highest BCUT2D eigenvalue weighted by Crippen LogP contribution is 2.25. The summed E-state index contributed by atoms with van der Waals surface area (Å²) in [5.41, 5.74) is 0.338. The molecule has 0 aliphatic rings. The van der Waals surface area contributed by atoms with E-state index in [4.69, 9.17) is 11.6 Å². The minimum Gasteiger partial charge on any atom is -0.351 e. The fourth-order valence-electron chi connectivity index (χ4n) is 1.69. The Hall–Kier alpha value is -1.84. The van der Waals surface area contributed by atoms with Gasteiger partial charge in [0.1, 0.15) is 0 Å². The van der Waals surface area contributed by atoms with Crippen molar-refractivity contribution in [1.82, 2.24) is 15.5 Å². The first-order valence-corrected chi connectivity index (χ1v) is 9.50. The fourth-order valence-corrected chi connectivity index (χ4v) is 3.37. The highest BCUT2D eigenvalue weighted by Gasteiger charge is 2.15. The first kappa shape index (κ1) is 19.5. The number of nitrogens with one attached hydrogen (secondary N) is 3. The van der Waals surface area contributed by atoms with E-state index in [1.165, 1.54) is 23.1 Å². The van der Waals surface area contributed by atoms with Crippen LogP contribution in [0.3, 0.4) is 0 Å². The van der Waals surface area contributed by atoms with E-state index in [1.54, 1.807) is 24.3 Å². The Morgan fingerprint density at radius 2 is 1.84 bits per heavy atom. The minimum atomic E-state index is -0.430. The van der Waals surface area contributed by atoms with Gasteiger partial charge in [-0.15, -0.1) is 10.2 Å². The molecule has 3 amide bonds. The van der Waals surface area contributed by atoms with Crippen molar-refractivity contribution < 1.29 is 9.59 Å². The summed E-state index contributed by atoms with van der Waals surface area (Å²) < 4.78 is 0.603. The van der Waals surface area contributed by atoms with Crippen LogP contribution in [0.15, 0.2) is 28.6 Å². The van der Waals surface area contributed by atoms with Gasteiger partial charge in [0.15, 0.2) is 4.34 Å². The summed E-state index contributed by atoms with van der Waals surface area (Å²) in [5, 5.41) is 16.9. The molecule has 3 N–H and O–H groups in total. The summed E-state index contributed by atoms with van der Waals surface area (Å²) in [5.74, 6) is 0.158. The molecule has 0 saturated carbocycles. The van der Waals surface area contributed by atoms with E-state index in [9.17, 15) is 9.59 Å². The van der Waals surface area contributed by atoms with Crippen LogP contribution in [0.25, 0.3) is 0 Å². The topological polar surface area (TPSA) is 96.0 Å². The number of anilines is 2. The van der Waals surface area contributed by atoms with Crippen LogP contribution >= 0.6 is 34.7 Å². The summed E-state index contributed by atoms with van der Waals surface area (Å²) >= 11 is 8.26. The van der Waals surface area contributed by atoms with Crippen molar-refractivity contribution in [2.75, 3.05) is 16.4 Å².